The van der Waals surface area contributed by atoms with Gasteiger partial charge in [-0.1, -0.05) is 13.0 Å². The molecule has 0 saturated heterocycles. The van der Waals surface area contributed by atoms with E-state index in [0.29, 0.717) is 23.1 Å². The maximum atomic E-state index is 14.1. The molecule has 0 aliphatic carbocycles. The average molecular weight is 263 g/mol. The highest BCUT2D eigenvalue weighted by Gasteiger charge is 2.18. The fourth-order valence-corrected chi connectivity index (χ4v) is 1.96. The molecule has 3 nitrogen and oxygen atoms in total. The highest BCUT2D eigenvalue weighted by Crippen LogP contribution is 2.26. The van der Waals surface area contributed by atoms with Crippen LogP contribution in [0.2, 0.25) is 0 Å². The van der Waals surface area contributed by atoms with Crippen LogP contribution in [-0.4, -0.2) is 22.2 Å². The van der Waals surface area contributed by atoms with E-state index in [1.807, 2.05) is 6.92 Å². The van der Waals surface area contributed by atoms with Crippen molar-refractivity contribution >= 4 is 12.6 Å². The number of pyridine rings is 1. The molecule has 1 aromatic carbocycles. The lowest BCUT2D eigenvalue weighted by atomic mass is 9.78. The monoisotopic (exact) mass is 263 g/mol. The van der Waals surface area contributed by atoms with Gasteiger partial charge in [0.1, 0.15) is 5.82 Å². The molecule has 0 spiro atoms. The molecule has 0 fully saturated rings. The molecule has 0 aliphatic heterocycles. The van der Waals surface area contributed by atoms with Crippen LogP contribution in [0.15, 0.2) is 30.5 Å². The number of aromatic nitrogens is 1. The van der Waals surface area contributed by atoms with E-state index in [-0.39, 0.29) is 5.46 Å². The highest BCUT2D eigenvalue weighted by molar-refractivity contribution is 6.58. The summed E-state index contributed by atoms with van der Waals surface area (Å²) in [5, 5.41) is 18.2. The molecule has 0 unspecified atom stereocenters. The third-order valence-electron chi connectivity index (χ3n) is 2.89. The Labute approximate surface area is 109 Å². The molecule has 2 aromatic rings. The Morgan fingerprint density at radius 3 is 2.47 bits per heavy atom. The number of benzene rings is 1. The van der Waals surface area contributed by atoms with Crippen molar-refractivity contribution in [3.8, 4) is 11.1 Å². The second-order valence-corrected chi connectivity index (χ2v) is 4.13. The number of halogens is 2. The van der Waals surface area contributed by atoms with E-state index < -0.39 is 18.9 Å². The first kappa shape index (κ1) is 13.6. The quantitative estimate of drug-likeness (QED) is 0.647. The first-order chi connectivity index (χ1) is 9.02. The van der Waals surface area contributed by atoms with Crippen LogP contribution in [-0.2, 0) is 6.42 Å². The van der Waals surface area contributed by atoms with Gasteiger partial charge in [0.25, 0.3) is 0 Å². The molecule has 1 heterocycles. The van der Waals surface area contributed by atoms with Crippen LogP contribution in [0.1, 0.15) is 12.5 Å². The zero-order valence-corrected chi connectivity index (χ0v) is 10.3. The third-order valence-corrected chi connectivity index (χ3v) is 2.89. The lowest BCUT2D eigenvalue weighted by Crippen LogP contribution is -2.30. The second kappa shape index (κ2) is 5.46. The van der Waals surface area contributed by atoms with Gasteiger partial charge in [0.15, 0.2) is 0 Å². The van der Waals surface area contributed by atoms with E-state index in [2.05, 4.69) is 4.98 Å². The topological polar surface area (TPSA) is 53.4 Å². The Kier molecular flexibility index (Phi) is 3.92. The summed E-state index contributed by atoms with van der Waals surface area (Å²) in [5.74, 6) is -1.22. The van der Waals surface area contributed by atoms with Gasteiger partial charge in [0.2, 0.25) is 5.95 Å². The van der Waals surface area contributed by atoms with Crippen LogP contribution in [0.4, 0.5) is 8.78 Å². The van der Waals surface area contributed by atoms with Crippen molar-refractivity contribution in [2.45, 2.75) is 13.3 Å². The highest BCUT2D eigenvalue weighted by atomic mass is 19.1. The molecule has 2 N–H and O–H groups in total. The lowest BCUT2D eigenvalue weighted by Gasteiger charge is -2.12. The minimum absolute atomic E-state index is 0.0909. The number of hydrogen-bond acceptors (Lipinski definition) is 3. The lowest BCUT2D eigenvalue weighted by molar-refractivity contribution is 0.425. The summed E-state index contributed by atoms with van der Waals surface area (Å²) in [6.45, 7) is 1.82. The predicted octanol–water partition coefficient (Wildman–Crippen LogP) is 1.27. The zero-order chi connectivity index (χ0) is 14.0. The predicted molar refractivity (Wildman–Crippen MR) is 68.8 cm³/mol. The van der Waals surface area contributed by atoms with Crippen LogP contribution in [0, 0.1) is 11.8 Å². The minimum atomic E-state index is -1.72. The van der Waals surface area contributed by atoms with Gasteiger partial charge in [0.05, 0.1) is 0 Å². The van der Waals surface area contributed by atoms with Crippen molar-refractivity contribution in [1.82, 2.24) is 4.98 Å². The van der Waals surface area contributed by atoms with Crippen LogP contribution < -0.4 is 5.46 Å². The number of nitrogens with zero attached hydrogens (tertiary/aromatic N) is 1. The first-order valence-corrected chi connectivity index (χ1v) is 5.83. The third kappa shape index (κ3) is 2.80. The summed E-state index contributed by atoms with van der Waals surface area (Å²) in [6.07, 6.45) is 1.76. The molecule has 0 atom stereocenters. The number of aryl methyl sites for hydroxylation is 1. The van der Waals surface area contributed by atoms with Crippen molar-refractivity contribution in [2.24, 2.45) is 0 Å². The fourth-order valence-electron chi connectivity index (χ4n) is 1.96. The van der Waals surface area contributed by atoms with Crippen molar-refractivity contribution in [1.29, 1.82) is 0 Å². The molecule has 98 valence electrons. The van der Waals surface area contributed by atoms with Gasteiger partial charge in [-0.3, -0.25) is 0 Å². The Morgan fingerprint density at radius 2 is 1.95 bits per heavy atom. The first-order valence-electron chi connectivity index (χ1n) is 5.83. The molecule has 1 aromatic heterocycles. The molecule has 2 rings (SSSR count). The summed E-state index contributed by atoms with van der Waals surface area (Å²) in [7, 11) is -1.72. The van der Waals surface area contributed by atoms with Gasteiger partial charge < -0.3 is 10.0 Å². The van der Waals surface area contributed by atoms with Gasteiger partial charge in [-0.2, -0.15) is 4.39 Å². The van der Waals surface area contributed by atoms with Crippen molar-refractivity contribution < 1.29 is 18.8 Å². The van der Waals surface area contributed by atoms with Crippen LogP contribution >= 0.6 is 0 Å². The Morgan fingerprint density at radius 1 is 1.21 bits per heavy atom. The Bertz CT molecular complexity index is 588. The van der Waals surface area contributed by atoms with Crippen molar-refractivity contribution in [2.75, 3.05) is 0 Å². The summed E-state index contributed by atoms with van der Waals surface area (Å²) in [6, 6.07) is 5.17. The van der Waals surface area contributed by atoms with Gasteiger partial charge in [-0.25, -0.2) is 9.37 Å². The largest absolute Gasteiger partial charge is 0.488 e. The van der Waals surface area contributed by atoms with Crippen LogP contribution in [0.5, 0.6) is 0 Å². The summed E-state index contributed by atoms with van der Waals surface area (Å²) >= 11 is 0. The SMILES string of the molecule is CCc1cc(B(O)O)cc(F)c1-c1ccc(F)nc1. The fraction of sp³-hybridized carbons (Fsp3) is 0.154. The van der Waals surface area contributed by atoms with E-state index in [1.165, 1.54) is 18.3 Å². The Hall–Kier alpha value is -1.79. The molecule has 6 heteroatoms. The van der Waals surface area contributed by atoms with E-state index in [9.17, 15) is 8.78 Å². The van der Waals surface area contributed by atoms with Crippen molar-refractivity contribution in [3.63, 3.8) is 0 Å². The van der Waals surface area contributed by atoms with Crippen LogP contribution in [0.3, 0.4) is 0 Å². The van der Waals surface area contributed by atoms with Crippen molar-refractivity contribution in [3.05, 3.63) is 47.8 Å². The number of hydrogen-bond donors (Lipinski definition) is 2. The molecule has 19 heavy (non-hydrogen) atoms. The van der Waals surface area contributed by atoms with Gasteiger partial charge in [-0.15, -0.1) is 0 Å². The van der Waals surface area contributed by atoms with E-state index in [1.54, 1.807) is 0 Å². The number of rotatable bonds is 3. The van der Waals surface area contributed by atoms with Crippen LogP contribution in [0.25, 0.3) is 11.1 Å². The Balaban J connectivity index is 2.59. The zero-order valence-electron chi connectivity index (χ0n) is 10.3. The maximum absolute atomic E-state index is 14.1. The molecule has 0 saturated carbocycles. The molecule has 0 radical (unpaired) electrons. The summed E-state index contributed by atoms with van der Waals surface area (Å²) in [5.41, 5.74) is 1.46. The van der Waals surface area contributed by atoms with Gasteiger partial charge in [-0.05, 0) is 35.6 Å². The molecule has 0 bridgehead atoms. The summed E-state index contributed by atoms with van der Waals surface area (Å²) in [4.78, 5) is 3.50. The van der Waals surface area contributed by atoms with E-state index in [4.69, 9.17) is 10.0 Å². The molecular formula is C13H12BF2NO2. The maximum Gasteiger partial charge on any atom is 0.488 e. The van der Waals surface area contributed by atoms with Gasteiger partial charge >= 0.3 is 7.12 Å². The standard InChI is InChI=1S/C13H12BF2NO2/c1-2-8-5-10(14(18)19)6-11(15)13(8)9-3-4-12(16)17-7-9/h3-7,18-19H,2H2,1H3. The smallest absolute Gasteiger partial charge is 0.423 e. The molecule has 0 amide bonds. The summed E-state index contributed by atoms with van der Waals surface area (Å²) < 4.78 is 26.9. The average Bonchev–Trinajstić information content (AvgIpc) is 2.39. The second-order valence-electron chi connectivity index (χ2n) is 4.13. The van der Waals surface area contributed by atoms with E-state index in [0.717, 1.165) is 12.1 Å². The minimum Gasteiger partial charge on any atom is -0.423 e. The molecule has 0 aliphatic rings. The molecular weight excluding hydrogens is 251 g/mol. The van der Waals surface area contributed by atoms with E-state index >= 15 is 0 Å². The normalized spacial score (nSPS) is 10.6. The van der Waals surface area contributed by atoms with Gasteiger partial charge in [0, 0.05) is 17.3 Å².